The second-order valence-electron chi connectivity index (χ2n) is 4.49. The van der Waals surface area contributed by atoms with Gasteiger partial charge >= 0.3 is 0 Å². The second-order valence-corrected chi connectivity index (χ2v) is 4.49. The van der Waals surface area contributed by atoms with Gasteiger partial charge in [-0.25, -0.2) is 0 Å². The third kappa shape index (κ3) is 3.30. The average molecular weight is 213 g/mol. The Morgan fingerprint density at radius 2 is 2.13 bits per heavy atom. The maximum atomic E-state index is 5.83. The van der Waals surface area contributed by atoms with Gasteiger partial charge in [-0.05, 0) is 27.3 Å². The molecular weight excluding hydrogens is 190 g/mol. The van der Waals surface area contributed by atoms with Crippen LogP contribution in [0, 0.1) is 0 Å². The molecule has 0 bridgehead atoms. The molecule has 0 aliphatic carbocycles. The Morgan fingerprint density at radius 1 is 1.47 bits per heavy atom. The van der Waals surface area contributed by atoms with E-state index in [1.807, 2.05) is 6.08 Å². The summed E-state index contributed by atoms with van der Waals surface area (Å²) in [5.74, 6) is 0. The van der Waals surface area contributed by atoms with Gasteiger partial charge in [-0.2, -0.15) is 0 Å². The van der Waals surface area contributed by atoms with Crippen molar-refractivity contribution in [2.45, 2.75) is 44.6 Å². The van der Waals surface area contributed by atoms with E-state index in [0.29, 0.717) is 12.1 Å². The van der Waals surface area contributed by atoms with Crippen molar-refractivity contribution >= 4 is 0 Å². The van der Waals surface area contributed by atoms with Crippen molar-refractivity contribution in [3.63, 3.8) is 0 Å². The first kappa shape index (κ1) is 12.7. The van der Waals surface area contributed by atoms with Crippen molar-refractivity contribution in [2.75, 3.05) is 20.7 Å². The van der Waals surface area contributed by atoms with E-state index in [1.54, 1.807) is 7.11 Å². The summed E-state index contributed by atoms with van der Waals surface area (Å²) >= 11 is 0. The van der Waals surface area contributed by atoms with Crippen LogP contribution in [-0.2, 0) is 9.47 Å². The molecule has 0 amide bonds. The van der Waals surface area contributed by atoms with Crippen LogP contribution < -0.4 is 0 Å². The van der Waals surface area contributed by atoms with E-state index in [0.717, 1.165) is 13.0 Å². The minimum Gasteiger partial charge on any atom is -0.380 e. The molecular formula is C12H23NO2. The monoisotopic (exact) mass is 213 g/mol. The highest BCUT2D eigenvalue weighted by molar-refractivity contribution is 4.97. The minimum atomic E-state index is 0.107. The number of ether oxygens (including phenoxy) is 2. The Morgan fingerprint density at radius 3 is 2.53 bits per heavy atom. The molecule has 1 saturated heterocycles. The van der Waals surface area contributed by atoms with Gasteiger partial charge in [0.2, 0.25) is 0 Å². The highest BCUT2D eigenvalue weighted by Gasteiger charge is 2.34. The van der Waals surface area contributed by atoms with Crippen LogP contribution in [0.2, 0.25) is 0 Å². The Hall–Kier alpha value is -0.380. The molecule has 0 saturated carbocycles. The van der Waals surface area contributed by atoms with Gasteiger partial charge in [-0.3, -0.25) is 4.90 Å². The van der Waals surface area contributed by atoms with E-state index in [9.17, 15) is 0 Å². The summed E-state index contributed by atoms with van der Waals surface area (Å²) in [7, 11) is 3.89. The van der Waals surface area contributed by atoms with Gasteiger partial charge < -0.3 is 9.47 Å². The lowest BCUT2D eigenvalue weighted by Gasteiger charge is -2.27. The number of methoxy groups -OCH3 is 1. The van der Waals surface area contributed by atoms with E-state index in [-0.39, 0.29) is 12.2 Å². The number of likely N-dealkylation sites (tertiary alicyclic amines) is 1. The summed E-state index contributed by atoms with van der Waals surface area (Å²) in [4.78, 5) is 2.29. The van der Waals surface area contributed by atoms with Crippen LogP contribution in [0.15, 0.2) is 12.7 Å². The van der Waals surface area contributed by atoms with Crippen LogP contribution in [0.1, 0.15) is 20.3 Å². The van der Waals surface area contributed by atoms with Crippen LogP contribution in [0.4, 0.5) is 0 Å². The molecule has 3 atom stereocenters. The Balaban J connectivity index is 2.56. The van der Waals surface area contributed by atoms with Gasteiger partial charge in [0.1, 0.15) is 0 Å². The van der Waals surface area contributed by atoms with E-state index in [2.05, 4.69) is 32.4 Å². The molecule has 1 aliphatic heterocycles. The topological polar surface area (TPSA) is 21.7 Å². The van der Waals surface area contributed by atoms with E-state index in [4.69, 9.17) is 9.47 Å². The number of rotatable bonds is 5. The molecule has 0 radical (unpaired) electrons. The Kier molecular flexibility index (Phi) is 4.77. The number of nitrogens with zero attached hydrogens (tertiary/aromatic N) is 1. The van der Waals surface area contributed by atoms with E-state index in [1.165, 1.54) is 0 Å². The zero-order chi connectivity index (χ0) is 11.4. The molecule has 0 N–H and O–H groups in total. The Labute approximate surface area is 93.0 Å². The maximum Gasteiger partial charge on any atom is 0.0912 e. The average Bonchev–Trinajstić information content (AvgIpc) is 2.56. The van der Waals surface area contributed by atoms with Crippen LogP contribution in [-0.4, -0.2) is 50.0 Å². The third-order valence-corrected chi connectivity index (χ3v) is 2.94. The van der Waals surface area contributed by atoms with Crippen molar-refractivity contribution in [1.82, 2.24) is 4.90 Å². The maximum absolute atomic E-state index is 5.83. The molecule has 0 aromatic heterocycles. The minimum absolute atomic E-state index is 0.107. The fourth-order valence-electron chi connectivity index (χ4n) is 2.15. The summed E-state index contributed by atoms with van der Waals surface area (Å²) in [5.41, 5.74) is 0. The quantitative estimate of drug-likeness (QED) is 0.649. The van der Waals surface area contributed by atoms with E-state index >= 15 is 0 Å². The zero-order valence-corrected chi connectivity index (χ0v) is 10.3. The van der Waals surface area contributed by atoms with E-state index < -0.39 is 0 Å². The first-order valence-corrected chi connectivity index (χ1v) is 5.59. The molecule has 1 fully saturated rings. The van der Waals surface area contributed by atoms with Gasteiger partial charge in [0, 0.05) is 19.7 Å². The Bertz CT molecular complexity index is 206. The summed E-state index contributed by atoms with van der Waals surface area (Å²) in [5, 5.41) is 0. The smallest absolute Gasteiger partial charge is 0.0912 e. The van der Waals surface area contributed by atoms with Crippen molar-refractivity contribution < 1.29 is 9.47 Å². The summed E-state index contributed by atoms with van der Waals surface area (Å²) < 4.78 is 11.2. The van der Waals surface area contributed by atoms with Crippen molar-refractivity contribution in [1.29, 1.82) is 0 Å². The molecule has 0 spiro atoms. The summed E-state index contributed by atoms with van der Waals surface area (Å²) in [6, 6.07) is 0.398. The molecule has 0 aromatic carbocycles. The molecule has 3 nitrogen and oxygen atoms in total. The lowest BCUT2D eigenvalue weighted by molar-refractivity contribution is -0.00401. The molecule has 0 unspecified atom stereocenters. The molecule has 0 aromatic rings. The second kappa shape index (κ2) is 5.64. The zero-order valence-electron chi connectivity index (χ0n) is 10.3. The molecule has 1 aliphatic rings. The van der Waals surface area contributed by atoms with Crippen molar-refractivity contribution in [3.8, 4) is 0 Å². The molecule has 15 heavy (non-hydrogen) atoms. The molecule has 1 rings (SSSR count). The van der Waals surface area contributed by atoms with Crippen LogP contribution in [0.5, 0.6) is 0 Å². The van der Waals surface area contributed by atoms with Gasteiger partial charge in [0.05, 0.1) is 18.3 Å². The van der Waals surface area contributed by atoms with Crippen LogP contribution in [0.25, 0.3) is 0 Å². The lowest BCUT2D eigenvalue weighted by Crippen LogP contribution is -2.38. The summed E-state index contributed by atoms with van der Waals surface area (Å²) in [6.07, 6.45) is 3.60. The van der Waals surface area contributed by atoms with Crippen molar-refractivity contribution in [3.05, 3.63) is 12.7 Å². The van der Waals surface area contributed by atoms with Gasteiger partial charge in [-0.1, -0.05) is 6.08 Å². The molecule has 88 valence electrons. The third-order valence-electron chi connectivity index (χ3n) is 2.94. The molecule has 1 heterocycles. The molecule has 3 heteroatoms. The fourth-order valence-corrected chi connectivity index (χ4v) is 2.15. The van der Waals surface area contributed by atoms with Gasteiger partial charge in [0.25, 0.3) is 0 Å². The SMILES string of the molecule is C=C[C@H](OC(C)C)[C@@H]1C[C@@H](OC)CN1C. The predicted octanol–water partition coefficient (Wildman–Crippen LogP) is 1.69. The fraction of sp³-hybridized carbons (Fsp3) is 0.833. The van der Waals surface area contributed by atoms with Crippen molar-refractivity contribution in [2.24, 2.45) is 0 Å². The normalized spacial score (nSPS) is 29.7. The number of likely N-dealkylation sites (N-methyl/N-ethyl adjacent to an activating group) is 1. The van der Waals surface area contributed by atoms with Crippen LogP contribution in [0.3, 0.4) is 0 Å². The standard InChI is InChI=1S/C12H23NO2/c1-6-12(15-9(2)3)11-7-10(14-5)8-13(11)4/h6,9-12H,1,7-8H2,2-5H3/t10-,11+,12+/m1/s1. The lowest BCUT2D eigenvalue weighted by atomic mass is 10.1. The first-order valence-electron chi connectivity index (χ1n) is 5.59. The number of hydrogen-bond acceptors (Lipinski definition) is 3. The predicted molar refractivity (Wildman–Crippen MR) is 62.0 cm³/mol. The van der Waals surface area contributed by atoms with Gasteiger partial charge in [0.15, 0.2) is 0 Å². The van der Waals surface area contributed by atoms with Gasteiger partial charge in [-0.15, -0.1) is 6.58 Å². The largest absolute Gasteiger partial charge is 0.380 e. The first-order chi connectivity index (χ1) is 7.08. The highest BCUT2D eigenvalue weighted by atomic mass is 16.5. The highest BCUT2D eigenvalue weighted by Crippen LogP contribution is 2.23. The number of hydrogen-bond donors (Lipinski definition) is 0. The summed E-state index contributed by atoms with van der Waals surface area (Å²) in [6.45, 7) is 8.94. The van der Waals surface area contributed by atoms with Crippen LogP contribution >= 0.6 is 0 Å².